The first-order chi connectivity index (χ1) is 42.5. The minimum absolute atomic E-state index is 0.0301. The van der Waals surface area contributed by atoms with Crippen LogP contribution < -0.4 is 11.1 Å². The van der Waals surface area contributed by atoms with Crippen LogP contribution in [0, 0.1) is 46.8 Å². The molecule has 0 unspecified atom stereocenters. The number of aldehydes is 1. The Hall–Kier alpha value is -4.02. The van der Waals surface area contributed by atoms with Crippen molar-refractivity contribution in [1.29, 1.82) is 0 Å². The Morgan fingerprint density at radius 3 is 2.07 bits per heavy atom. The number of Topliss-reactive ketones (excluding diaryl/α,β-unsaturated/α-hetero) is 1. The van der Waals surface area contributed by atoms with Crippen LogP contribution in [0.4, 0.5) is 4.79 Å². The van der Waals surface area contributed by atoms with Gasteiger partial charge in [0.05, 0.1) is 80.3 Å². The quantitative estimate of drug-likeness (QED) is 0.0633. The molecule has 6 saturated heterocycles. The molecule has 0 aromatic rings. The Morgan fingerprint density at radius 1 is 0.722 bits per heavy atom. The van der Waals surface area contributed by atoms with E-state index in [1.54, 1.807) is 19.9 Å². The average Bonchev–Trinajstić information content (AvgIpc) is 1.27. The molecular formula is C67H100N2O21. The zero-order chi connectivity index (χ0) is 65.1. The molecule has 1 spiro atoms. The normalized spacial score (nSPS) is 49.5. The lowest BCUT2D eigenvalue weighted by Crippen LogP contribution is -2.66. The summed E-state index contributed by atoms with van der Waals surface area (Å²) in [6, 6.07) is -0.605. The summed E-state index contributed by atoms with van der Waals surface area (Å²) < 4.78 is 82.8. The third-order valence-corrected chi connectivity index (χ3v) is 21.4. The molecule has 7 fully saturated rings. The van der Waals surface area contributed by atoms with Gasteiger partial charge in [-0.25, -0.2) is 4.79 Å². The maximum Gasteiger partial charge on any atom is 0.407 e. The number of allylic oxidation sites excluding steroid dienone is 3. The predicted octanol–water partition coefficient (Wildman–Crippen LogP) is 6.72. The molecule has 6 heterocycles. The van der Waals surface area contributed by atoms with Gasteiger partial charge in [0, 0.05) is 73.7 Å². The van der Waals surface area contributed by atoms with Crippen molar-refractivity contribution in [1.82, 2.24) is 5.32 Å². The van der Waals surface area contributed by atoms with E-state index < -0.39 is 163 Å². The largest absolute Gasteiger partial charge is 0.511 e. The average molecular weight is 1270 g/mol. The molecule has 10 rings (SSSR count). The zero-order valence-corrected chi connectivity index (χ0v) is 54.6. The molecule has 4 aliphatic carbocycles. The molecule has 0 aromatic carbocycles. The molecule has 504 valence electrons. The van der Waals surface area contributed by atoms with E-state index in [0.717, 1.165) is 5.57 Å². The second-order valence-electron chi connectivity index (χ2n) is 28.2. The fourth-order valence-corrected chi connectivity index (χ4v) is 16.8. The molecule has 7 N–H and O–H groups in total. The number of nitrogens with two attached hydrogens (primary N) is 1. The lowest BCUT2D eigenvalue weighted by Gasteiger charge is -2.57. The number of alkyl carbamates (subject to hydrolysis) is 1. The summed E-state index contributed by atoms with van der Waals surface area (Å²) in [4.78, 5) is 53.3. The van der Waals surface area contributed by atoms with E-state index in [4.69, 9.17) is 67.3 Å². The van der Waals surface area contributed by atoms with Crippen LogP contribution in [0.15, 0.2) is 58.4 Å². The maximum absolute atomic E-state index is 15.6. The minimum Gasteiger partial charge on any atom is -0.511 e. The van der Waals surface area contributed by atoms with Gasteiger partial charge in [0.1, 0.15) is 29.9 Å². The number of aliphatic hydroxyl groups is 4. The van der Waals surface area contributed by atoms with Crippen molar-refractivity contribution in [2.24, 2.45) is 52.6 Å². The van der Waals surface area contributed by atoms with Gasteiger partial charge in [0.15, 0.2) is 49.6 Å². The first-order valence-electron chi connectivity index (χ1n) is 32.7. The number of carbonyl (C=O) groups is 4. The van der Waals surface area contributed by atoms with E-state index >= 15 is 4.79 Å². The number of fused-ring (bicyclic) bond motifs is 4. The lowest BCUT2D eigenvalue weighted by molar-refractivity contribution is -0.367. The highest BCUT2D eigenvalue weighted by Gasteiger charge is 2.62. The van der Waals surface area contributed by atoms with Crippen LogP contribution in [0.3, 0.4) is 0 Å². The number of amides is 1. The number of hydrogen-bond acceptors (Lipinski definition) is 22. The Bertz CT molecular complexity index is 2760. The highest BCUT2D eigenvalue weighted by atomic mass is 16.8. The van der Waals surface area contributed by atoms with E-state index in [0.29, 0.717) is 50.4 Å². The van der Waals surface area contributed by atoms with Crippen LogP contribution in [-0.2, 0) is 76.0 Å². The van der Waals surface area contributed by atoms with E-state index in [9.17, 15) is 34.8 Å². The van der Waals surface area contributed by atoms with E-state index in [1.807, 2.05) is 48.5 Å². The number of nitrogens with one attached hydrogen (secondary N) is 1. The van der Waals surface area contributed by atoms with Crippen molar-refractivity contribution in [3.8, 4) is 0 Å². The number of ether oxygens (including phenoxy) is 13. The molecule has 23 heteroatoms. The van der Waals surface area contributed by atoms with Gasteiger partial charge in [-0.05, 0) is 116 Å². The summed E-state index contributed by atoms with van der Waals surface area (Å²) in [5.41, 5.74) is 4.86. The summed E-state index contributed by atoms with van der Waals surface area (Å²) in [7, 11) is 1.28. The monoisotopic (exact) mass is 1270 g/mol. The summed E-state index contributed by atoms with van der Waals surface area (Å²) in [6.45, 7) is 22.4. The van der Waals surface area contributed by atoms with Gasteiger partial charge in [-0.2, -0.15) is 0 Å². The Kier molecular flexibility index (Phi) is 21.2. The smallest absolute Gasteiger partial charge is 0.407 e. The number of hydrogen-bond donors (Lipinski definition) is 6. The van der Waals surface area contributed by atoms with Crippen LogP contribution in [0.25, 0.3) is 0 Å². The first kappa shape index (κ1) is 68.8. The van der Waals surface area contributed by atoms with E-state index in [2.05, 4.69) is 37.4 Å². The van der Waals surface area contributed by atoms with Gasteiger partial charge in [-0.15, -0.1) is 0 Å². The third-order valence-electron chi connectivity index (χ3n) is 21.4. The molecular weight excluding hydrogens is 1170 g/mol. The Labute approximate surface area is 529 Å². The van der Waals surface area contributed by atoms with Crippen molar-refractivity contribution in [2.45, 2.75) is 275 Å². The number of aliphatic hydroxyl groups excluding tert-OH is 4. The van der Waals surface area contributed by atoms with Gasteiger partial charge in [0.2, 0.25) is 0 Å². The SMILES string of the molecule is COC(=O)N[C@@H]1[C@H](C)O[C@@H](O[C@H]2C/C=C(\C)[C@@H]3C=C[C@@H]4[C@@H](O[C@H]5C[C@H](O[C@@H]6CC[C@H](C)[C@@H](O[C@H]7C[C@H](O)[C@H](O[C@@H]8CC[C@H](O)[C@@H](C)O8)[C@@H](C)O7)O6)[C@H](OC(C)=O)[C@@H](C)O5)[C@@H](C)C[C@H](C)[C@H]4[C@]3(C)/C(O)=C3\CO[C@]4(CC(C=O)=C[C@H](O)[C@H]4/C=C/2C)C3=O)C[C@@]1(C)N. The number of carbonyl (C=O) groups excluding carboxylic acids is 4. The number of methoxy groups -OCH3 is 1. The van der Waals surface area contributed by atoms with Crippen LogP contribution in [0.5, 0.6) is 0 Å². The minimum atomic E-state index is -1.75. The topological polar surface area (TPSA) is 307 Å². The highest BCUT2D eigenvalue weighted by molar-refractivity contribution is 6.06. The van der Waals surface area contributed by atoms with Crippen LogP contribution in [0.2, 0.25) is 0 Å². The lowest BCUT2D eigenvalue weighted by atomic mass is 9.49. The summed E-state index contributed by atoms with van der Waals surface area (Å²) in [6.07, 6.45) is 0.0117. The van der Waals surface area contributed by atoms with Gasteiger partial charge < -0.3 is 93.1 Å². The molecule has 10 aliphatic rings. The summed E-state index contributed by atoms with van der Waals surface area (Å²) in [5.74, 6) is -3.40. The van der Waals surface area contributed by atoms with Gasteiger partial charge in [0.25, 0.3) is 0 Å². The third kappa shape index (κ3) is 13.9. The van der Waals surface area contributed by atoms with Crippen molar-refractivity contribution < 1.29 is 101 Å². The second-order valence-corrected chi connectivity index (χ2v) is 28.2. The summed E-state index contributed by atoms with van der Waals surface area (Å²) >= 11 is 0. The molecule has 1 saturated carbocycles. The number of esters is 1. The molecule has 1 amide bonds. The van der Waals surface area contributed by atoms with E-state index in [-0.39, 0.29) is 78.8 Å². The van der Waals surface area contributed by atoms with Crippen molar-refractivity contribution in [3.63, 3.8) is 0 Å². The standard InChI is InChI=1S/C67H100N2O21/c1-31-14-19-49(85-55-28-65(11,68)60(39(9)83-55)69-64(77)78-13)33(3)23-45-47(73)24-41(29-70)27-67(45)62(76)43(30-79-67)61(75)66(12)44(31)17-16-42-56(66)34(4)22-35(5)57(42)88-54-26-50(59(38(8)82-54)84-40(10)71)86-52-20-15-32(2)63(89-52)90-53-25-48(74)58(37(7)81-53)87-51-21-18-46(72)36(6)80-51/h14,16-17,23-24,29,32,34-39,42,44-60,63,72-75H,15,18-22,25-28,30,68H2,1-13H3,(H,69,77)/b31-14+,33-23+,61-43-/t32-,34-,35-,36+,37+,38+,39-,42-,44-,45+,46-,47-,48-,49-,50-,51+,52-,53-,54-,55-,56+,57-,58+,59+,60+,63+,65+,66+,67-/m0/s1. The Morgan fingerprint density at radius 2 is 1.39 bits per heavy atom. The van der Waals surface area contributed by atoms with Crippen molar-refractivity contribution in [3.05, 3.63) is 58.4 Å². The molecule has 23 nitrogen and oxygen atoms in total. The molecule has 0 radical (unpaired) electrons. The summed E-state index contributed by atoms with van der Waals surface area (Å²) in [5, 5.41) is 49.6. The first-order valence-corrected chi connectivity index (χ1v) is 32.7. The van der Waals surface area contributed by atoms with Crippen molar-refractivity contribution >= 4 is 24.1 Å². The van der Waals surface area contributed by atoms with Gasteiger partial charge >= 0.3 is 12.1 Å². The Balaban J connectivity index is 0.903. The molecule has 90 heavy (non-hydrogen) atoms. The maximum atomic E-state index is 15.6. The van der Waals surface area contributed by atoms with Crippen LogP contribution in [0.1, 0.15) is 147 Å². The molecule has 6 aliphatic heterocycles. The fourth-order valence-electron chi connectivity index (χ4n) is 16.8. The fraction of sp³-hybridized carbons (Fsp3) is 0.791. The van der Waals surface area contributed by atoms with Crippen LogP contribution >= 0.6 is 0 Å². The predicted molar refractivity (Wildman–Crippen MR) is 322 cm³/mol. The number of ketones is 1. The van der Waals surface area contributed by atoms with E-state index in [1.165, 1.54) is 20.1 Å². The zero-order valence-electron chi connectivity index (χ0n) is 54.6. The second kappa shape index (κ2) is 27.7. The van der Waals surface area contributed by atoms with Gasteiger partial charge in [-0.1, -0.05) is 57.6 Å². The van der Waals surface area contributed by atoms with Crippen LogP contribution in [-0.4, -0.2) is 186 Å². The van der Waals surface area contributed by atoms with Crippen molar-refractivity contribution in [2.75, 3.05) is 13.7 Å². The molecule has 0 aromatic heterocycles. The highest BCUT2D eigenvalue weighted by Crippen LogP contribution is 2.61. The van der Waals surface area contributed by atoms with Gasteiger partial charge in [-0.3, -0.25) is 14.4 Å². The molecule has 29 atom stereocenters. The number of rotatable bonds is 13. The molecule has 2 bridgehead atoms.